The molecular weight excluding hydrogens is 362 g/mol. The number of carbonyl (C=O) groups is 1. The van der Waals surface area contributed by atoms with E-state index in [0.29, 0.717) is 19.5 Å². The Labute approximate surface area is 151 Å². The van der Waals surface area contributed by atoms with Gasteiger partial charge in [-0.25, -0.2) is 8.42 Å². The molecular formula is C18H20F2N2O3S. The lowest BCUT2D eigenvalue weighted by atomic mass is 10.1. The highest BCUT2D eigenvalue weighted by Gasteiger charge is 2.26. The van der Waals surface area contributed by atoms with E-state index in [9.17, 15) is 22.0 Å². The van der Waals surface area contributed by atoms with Crippen molar-refractivity contribution in [3.8, 4) is 0 Å². The average molecular weight is 382 g/mol. The molecule has 2 rings (SSSR count). The molecule has 5 nitrogen and oxygen atoms in total. The highest BCUT2D eigenvalue weighted by atomic mass is 32.2. The number of benzene rings is 2. The third kappa shape index (κ3) is 4.86. The van der Waals surface area contributed by atoms with Crippen molar-refractivity contribution in [1.29, 1.82) is 0 Å². The number of amides is 1. The first-order valence-electron chi connectivity index (χ1n) is 8.01. The predicted molar refractivity (Wildman–Crippen MR) is 94.7 cm³/mol. The molecule has 0 aliphatic carbocycles. The Balaban J connectivity index is 2.13. The van der Waals surface area contributed by atoms with E-state index in [-0.39, 0.29) is 18.0 Å². The minimum Gasteiger partial charge on any atom is -0.337 e. The van der Waals surface area contributed by atoms with Crippen molar-refractivity contribution in [2.45, 2.75) is 17.1 Å². The molecule has 0 unspecified atom stereocenters. The van der Waals surface area contributed by atoms with Gasteiger partial charge in [-0.15, -0.1) is 0 Å². The van der Waals surface area contributed by atoms with Crippen molar-refractivity contribution >= 4 is 15.7 Å². The molecule has 0 heterocycles. The van der Waals surface area contributed by atoms with E-state index in [1.54, 1.807) is 4.90 Å². The second-order valence-electron chi connectivity index (χ2n) is 5.65. The van der Waals surface area contributed by atoms with Crippen LogP contribution in [0.5, 0.6) is 0 Å². The molecule has 0 aliphatic rings. The number of hydrogen-bond donors (Lipinski definition) is 1. The van der Waals surface area contributed by atoms with Gasteiger partial charge >= 0.3 is 5.76 Å². The van der Waals surface area contributed by atoms with Crippen LogP contribution in [0.25, 0.3) is 0 Å². The van der Waals surface area contributed by atoms with Gasteiger partial charge in [-0.2, -0.15) is 8.78 Å². The minimum atomic E-state index is -4.67. The lowest BCUT2D eigenvalue weighted by Gasteiger charge is -2.22. The zero-order chi connectivity index (χ0) is 19.2. The quantitative estimate of drug-likeness (QED) is 0.760. The Bertz CT molecular complexity index is 825. The summed E-state index contributed by atoms with van der Waals surface area (Å²) in [7, 11) is -4.67. The normalized spacial score (nSPS) is 11.5. The molecule has 0 bridgehead atoms. The number of carbonyl (C=O) groups excluding carboxylic acids is 1. The second kappa shape index (κ2) is 8.86. The van der Waals surface area contributed by atoms with Gasteiger partial charge in [0.1, 0.15) is 0 Å². The number of nitrogens with two attached hydrogens (primary N) is 1. The van der Waals surface area contributed by atoms with E-state index in [2.05, 4.69) is 0 Å². The molecule has 26 heavy (non-hydrogen) atoms. The zero-order valence-corrected chi connectivity index (χ0v) is 14.8. The van der Waals surface area contributed by atoms with Crippen LogP contribution in [0.4, 0.5) is 8.78 Å². The number of halogens is 2. The van der Waals surface area contributed by atoms with E-state index < -0.39 is 20.5 Å². The summed E-state index contributed by atoms with van der Waals surface area (Å²) in [5.41, 5.74) is 6.86. The first-order chi connectivity index (χ1) is 12.4. The fourth-order valence-corrected chi connectivity index (χ4v) is 3.17. The summed E-state index contributed by atoms with van der Waals surface area (Å²) < 4.78 is 48.0. The van der Waals surface area contributed by atoms with Gasteiger partial charge in [-0.3, -0.25) is 4.79 Å². The fourth-order valence-electron chi connectivity index (χ4n) is 2.45. The minimum absolute atomic E-state index is 0.222. The van der Waals surface area contributed by atoms with Gasteiger partial charge in [0.25, 0.3) is 5.91 Å². The molecule has 0 atom stereocenters. The first-order valence-corrected chi connectivity index (χ1v) is 9.56. The lowest BCUT2D eigenvalue weighted by Crippen LogP contribution is -2.37. The van der Waals surface area contributed by atoms with E-state index in [0.717, 1.165) is 17.7 Å². The van der Waals surface area contributed by atoms with Crippen LogP contribution in [-0.4, -0.2) is 44.6 Å². The maximum atomic E-state index is 12.6. The Morgan fingerprint density at radius 2 is 1.62 bits per heavy atom. The van der Waals surface area contributed by atoms with E-state index >= 15 is 0 Å². The molecule has 2 aromatic carbocycles. The van der Waals surface area contributed by atoms with Crippen molar-refractivity contribution in [2.75, 3.05) is 19.6 Å². The van der Waals surface area contributed by atoms with Gasteiger partial charge < -0.3 is 10.6 Å². The van der Waals surface area contributed by atoms with Crippen LogP contribution in [0, 0.1) is 0 Å². The van der Waals surface area contributed by atoms with Gasteiger partial charge in [0.05, 0.1) is 4.90 Å². The summed E-state index contributed by atoms with van der Waals surface area (Å²) in [5.74, 6) is -3.82. The number of rotatable bonds is 8. The number of sulfone groups is 1. The third-order valence-corrected chi connectivity index (χ3v) is 5.26. The van der Waals surface area contributed by atoms with E-state index in [1.807, 2.05) is 30.3 Å². The van der Waals surface area contributed by atoms with Crippen molar-refractivity contribution in [3.05, 3.63) is 65.7 Å². The lowest BCUT2D eigenvalue weighted by molar-refractivity contribution is 0.0762. The van der Waals surface area contributed by atoms with E-state index in [4.69, 9.17) is 5.73 Å². The van der Waals surface area contributed by atoms with Crippen molar-refractivity contribution in [2.24, 2.45) is 5.73 Å². The number of hydrogen-bond acceptors (Lipinski definition) is 4. The Kier molecular flexibility index (Phi) is 6.82. The van der Waals surface area contributed by atoms with Crippen LogP contribution in [0.2, 0.25) is 0 Å². The second-order valence-corrected chi connectivity index (χ2v) is 7.56. The van der Waals surface area contributed by atoms with Crippen LogP contribution >= 0.6 is 0 Å². The molecule has 2 aromatic rings. The van der Waals surface area contributed by atoms with Crippen LogP contribution in [0.3, 0.4) is 0 Å². The summed E-state index contributed by atoms with van der Waals surface area (Å²) in [4.78, 5) is 13.7. The molecule has 0 aromatic heterocycles. The van der Waals surface area contributed by atoms with Crippen molar-refractivity contribution < 1.29 is 22.0 Å². The Morgan fingerprint density at radius 1 is 1.00 bits per heavy atom. The monoisotopic (exact) mass is 382 g/mol. The fraction of sp³-hybridized carbons (Fsp3) is 0.278. The van der Waals surface area contributed by atoms with Crippen LogP contribution in [-0.2, 0) is 16.3 Å². The third-order valence-electron chi connectivity index (χ3n) is 3.86. The average Bonchev–Trinajstić information content (AvgIpc) is 2.65. The van der Waals surface area contributed by atoms with Crippen molar-refractivity contribution in [1.82, 2.24) is 4.90 Å². The maximum absolute atomic E-state index is 12.6. The van der Waals surface area contributed by atoms with Crippen LogP contribution in [0.15, 0.2) is 59.5 Å². The summed E-state index contributed by atoms with van der Waals surface area (Å²) >= 11 is 0. The van der Waals surface area contributed by atoms with Gasteiger partial charge in [0.2, 0.25) is 9.84 Å². The zero-order valence-electron chi connectivity index (χ0n) is 14.0. The van der Waals surface area contributed by atoms with Gasteiger partial charge in [-0.1, -0.05) is 30.3 Å². The molecule has 8 heteroatoms. The highest BCUT2D eigenvalue weighted by Crippen LogP contribution is 2.19. The summed E-state index contributed by atoms with van der Waals surface area (Å²) in [6, 6.07) is 14.1. The SMILES string of the molecule is NCCN(CCc1ccccc1)C(=O)c1ccc(S(=O)(=O)C(F)F)cc1. The summed E-state index contributed by atoms with van der Waals surface area (Å²) in [5, 5.41) is 0. The van der Waals surface area contributed by atoms with Crippen LogP contribution in [0.1, 0.15) is 15.9 Å². The molecule has 0 radical (unpaired) electrons. The molecule has 0 spiro atoms. The summed E-state index contributed by atoms with van der Waals surface area (Å²) in [6.07, 6.45) is 0.643. The molecule has 0 aliphatic heterocycles. The molecule has 140 valence electrons. The number of alkyl halides is 2. The maximum Gasteiger partial charge on any atom is 0.341 e. The van der Waals surface area contributed by atoms with Crippen molar-refractivity contribution in [3.63, 3.8) is 0 Å². The highest BCUT2D eigenvalue weighted by molar-refractivity contribution is 7.91. The van der Waals surface area contributed by atoms with Gasteiger partial charge in [0.15, 0.2) is 0 Å². The Morgan fingerprint density at radius 3 is 2.15 bits per heavy atom. The molecule has 0 fully saturated rings. The molecule has 0 saturated heterocycles. The van der Waals surface area contributed by atoms with Gasteiger partial charge in [-0.05, 0) is 36.2 Å². The van der Waals surface area contributed by atoms with E-state index in [1.165, 1.54) is 12.1 Å². The Hall–Kier alpha value is -2.32. The predicted octanol–water partition coefficient (Wildman–Crippen LogP) is 2.33. The molecule has 0 saturated carbocycles. The number of nitrogens with zero attached hydrogens (tertiary/aromatic N) is 1. The van der Waals surface area contributed by atoms with Crippen LogP contribution < -0.4 is 5.73 Å². The smallest absolute Gasteiger partial charge is 0.337 e. The topological polar surface area (TPSA) is 80.5 Å². The standard InChI is InChI=1S/C18H20F2N2O3S/c19-18(20)26(24,25)16-8-6-15(7-9-16)17(23)22(13-11-21)12-10-14-4-2-1-3-5-14/h1-9,18H,10-13,21H2. The first kappa shape index (κ1) is 20.0. The molecule has 1 amide bonds. The molecule has 2 N–H and O–H groups in total. The van der Waals surface area contributed by atoms with Gasteiger partial charge in [0, 0.05) is 25.2 Å². The summed E-state index contributed by atoms with van der Waals surface area (Å²) in [6.45, 7) is 1.05. The largest absolute Gasteiger partial charge is 0.341 e.